The van der Waals surface area contributed by atoms with E-state index in [1.807, 2.05) is 11.8 Å². The number of rotatable bonds is 6. The molecule has 0 radical (unpaired) electrons. The predicted octanol–water partition coefficient (Wildman–Crippen LogP) is 5.74. The third kappa shape index (κ3) is 3.17. The van der Waals surface area contributed by atoms with E-state index in [1.54, 1.807) is 5.56 Å². The van der Waals surface area contributed by atoms with E-state index >= 15 is 0 Å². The summed E-state index contributed by atoms with van der Waals surface area (Å²) in [4.78, 5) is 6.31. The maximum absolute atomic E-state index is 3.75. The Kier molecular flexibility index (Phi) is 4.97. The van der Waals surface area contributed by atoms with Crippen molar-refractivity contribution in [1.29, 1.82) is 0 Å². The lowest BCUT2D eigenvalue weighted by atomic mass is 9.77. The fourth-order valence-corrected chi connectivity index (χ4v) is 5.76. The fourth-order valence-electron chi connectivity index (χ4n) is 4.67. The molecule has 0 fully saturated rings. The minimum absolute atomic E-state index is 0.549. The number of thioether (sulfide) groups is 1. The Hall–Kier alpha value is -1.19. The summed E-state index contributed by atoms with van der Waals surface area (Å²) < 4.78 is 0. The molecule has 0 saturated carbocycles. The van der Waals surface area contributed by atoms with E-state index in [0.29, 0.717) is 12.0 Å². The predicted molar refractivity (Wildman–Crippen MR) is 110 cm³/mol. The van der Waals surface area contributed by atoms with Crippen molar-refractivity contribution in [2.24, 2.45) is 0 Å². The Morgan fingerprint density at radius 2 is 2.12 bits per heavy atom. The van der Waals surface area contributed by atoms with Crippen LogP contribution in [0.1, 0.15) is 56.6 Å². The quantitative estimate of drug-likeness (QED) is 0.405. The molecule has 1 N–H and O–H groups in total. The van der Waals surface area contributed by atoms with Crippen LogP contribution < -0.4 is 0 Å². The zero-order valence-corrected chi connectivity index (χ0v) is 16.6. The van der Waals surface area contributed by atoms with Gasteiger partial charge in [0.25, 0.3) is 0 Å². The Bertz CT molecular complexity index is 789. The fraction of sp³-hybridized carbons (Fsp3) is 0.545. The summed E-state index contributed by atoms with van der Waals surface area (Å²) in [5, 5.41) is 2.94. The first kappa shape index (κ1) is 17.2. The molecule has 2 aromatic rings. The molecule has 0 spiro atoms. The van der Waals surface area contributed by atoms with Crippen molar-refractivity contribution in [3.8, 4) is 0 Å². The summed E-state index contributed by atoms with van der Waals surface area (Å²) in [6.07, 6.45) is 9.07. The van der Waals surface area contributed by atoms with Crippen molar-refractivity contribution < 1.29 is 0 Å². The number of unbranched alkanes of at least 4 members (excludes halogenated alkanes) is 3. The number of nitrogens with one attached hydrogen (secondary N) is 1. The molecule has 0 unspecified atom stereocenters. The van der Waals surface area contributed by atoms with Gasteiger partial charge in [-0.2, -0.15) is 0 Å². The molecule has 2 nitrogen and oxygen atoms in total. The number of aromatic amines is 1. The molecule has 3 heteroatoms. The summed E-state index contributed by atoms with van der Waals surface area (Å²) in [5.41, 5.74) is 5.95. The average molecular weight is 355 g/mol. The van der Waals surface area contributed by atoms with Crippen LogP contribution in [-0.4, -0.2) is 35.3 Å². The summed E-state index contributed by atoms with van der Waals surface area (Å²) in [7, 11) is 2.30. The first-order valence-electron chi connectivity index (χ1n) is 9.82. The maximum Gasteiger partial charge on any atom is 0.0765 e. The molecular formula is C22H30N2S. The third-order valence-corrected chi connectivity index (χ3v) is 7.01. The zero-order chi connectivity index (χ0) is 17.4. The van der Waals surface area contributed by atoms with Gasteiger partial charge in [0.05, 0.1) is 5.03 Å². The second kappa shape index (κ2) is 7.20. The van der Waals surface area contributed by atoms with Gasteiger partial charge in [0.2, 0.25) is 0 Å². The van der Waals surface area contributed by atoms with Gasteiger partial charge in [-0.05, 0) is 49.8 Å². The normalized spacial score (nSPS) is 22.9. The van der Waals surface area contributed by atoms with Gasteiger partial charge < -0.3 is 4.98 Å². The highest BCUT2D eigenvalue weighted by Gasteiger charge is 2.36. The first-order chi connectivity index (χ1) is 12.2. The molecule has 0 bridgehead atoms. The molecule has 1 aliphatic carbocycles. The molecule has 1 aromatic carbocycles. The van der Waals surface area contributed by atoms with E-state index < -0.39 is 0 Å². The highest BCUT2D eigenvalue weighted by Crippen LogP contribution is 2.45. The van der Waals surface area contributed by atoms with Gasteiger partial charge in [0.1, 0.15) is 0 Å². The van der Waals surface area contributed by atoms with E-state index in [-0.39, 0.29) is 0 Å². The highest BCUT2D eigenvalue weighted by atomic mass is 32.2. The average Bonchev–Trinajstić information content (AvgIpc) is 2.95. The molecule has 0 saturated heterocycles. The van der Waals surface area contributed by atoms with E-state index in [1.165, 1.54) is 64.9 Å². The number of hydrogen-bond donors (Lipinski definition) is 1. The van der Waals surface area contributed by atoms with Crippen molar-refractivity contribution in [3.63, 3.8) is 0 Å². The molecule has 2 atom stereocenters. The SMILES string of the molecule is CCCCCCSc1[nH]c2cccc3c2c1C[C@@H]1[C@@H]3C=C(C)CN1C. The van der Waals surface area contributed by atoms with Crippen molar-refractivity contribution in [2.45, 2.75) is 62.9 Å². The molecule has 134 valence electrons. The topological polar surface area (TPSA) is 19.0 Å². The minimum Gasteiger partial charge on any atom is -0.349 e. The molecular weight excluding hydrogens is 324 g/mol. The Morgan fingerprint density at radius 1 is 1.24 bits per heavy atom. The van der Waals surface area contributed by atoms with Crippen molar-refractivity contribution in [3.05, 3.63) is 41.0 Å². The largest absolute Gasteiger partial charge is 0.349 e. The summed E-state index contributed by atoms with van der Waals surface area (Å²) in [5.74, 6) is 1.78. The van der Waals surface area contributed by atoms with Gasteiger partial charge in [0.15, 0.2) is 0 Å². The van der Waals surface area contributed by atoms with E-state index in [0.717, 1.165) is 6.54 Å². The van der Waals surface area contributed by atoms with Crippen LogP contribution in [-0.2, 0) is 6.42 Å². The highest BCUT2D eigenvalue weighted by molar-refractivity contribution is 7.99. The number of hydrogen-bond acceptors (Lipinski definition) is 2. The zero-order valence-electron chi connectivity index (χ0n) is 15.8. The molecule has 2 aliphatic rings. The number of benzene rings is 1. The maximum atomic E-state index is 3.75. The van der Waals surface area contributed by atoms with Crippen LogP contribution in [0.15, 0.2) is 34.9 Å². The summed E-state index contributed by atoms with van der Waals surface area (Å²) in [6, 6.07) is 7.45. The monoisotopic (exact) mass is 354 g/mol. The van der Waals surface area contributed by atoms with Gasteiger partial charge >= 0.3 is 0 Å². The molecule has 1 aliphatic heterocycles. The molecule has 1 aromatic heterocycles. The Labute approximate surface area is 156 Å². The lowest BCUT2D eigenvalue weighted by molar-refractivity contribution is 0.224. The standard InChI is InChI=1S/C22H30N2S/c1-4-5-6-7-11-25-22-18-13-20-17(12-15(2)14-24(20)3)16-9-8-10-19(23-22)21(16)18/h8-10,12,17,20,23H,4-7,11,13-14H2,1-3H3/t17-,20-/m1/s1. The molecule has 25 heavy (non-hydrogen) atoms. The minimum atomic E-state index is 0.549. The second-order valence-corrected chi connectivity index (χ2v) is 8.94. The smallest absolute Gasteiger partial charge is 0.0765 e. The van der Waals surface area contributed by atoms with Crippen molar-refractivity contribution >= 4 is 22.7 Å². The Balaban J connectivity index is 1.66. The van der Waals surface area contributed by atoms with Crippen LogP contribution in [0.4, 0.5) is 0 Å². The van der Waals surface area contributed by atoms with Crippen molar-refractivity contribution in [1.82, 2.24) is 9.88 Å². The van der Waals surface area contributed by atoms with E-state index in [2.05, 4.69) is 55.1 Å². The van der Waals surface area contributed by atoms with Crippen LogP contribution in [0.25, 0.3) is 10.9 Å². The van der Waals surface area contributed by atoms with Gasteiger partial charge in [-0.1, -0.05) is 50.0 Å². The van der Waals surface area contributed by atoms with Crippen LogP contribution in [0.2, 0.25) is 0 Å². The van der Waals surface area contributed by atoms with Gasteiger partial charge in [-0.25, -0.2) is 0 Å². The molecule has 0 amide bonds. The first-order valence-corrected chi connectivity index (χ1v) is 10.8. The van der Waals surface area contributed by atoms with E-state index in [4.69, 9.17) is 0 Å². The molecule has 2 heterocycles. The number of likely N-dealkylation sites (N-methyl/N-ethyl adjacent to an activating group) is 1. The van der Waals surface area contributed by atoms with Gasteiger partial charge in [0, 0.05) is 29.4 Å². The molecule has 4 rings (SSSR count). The van der Waals surface area contributed by atoms with Crippen molar-refractivity contribution in [2.75, 3.05) is 19.3 Å². The van der Waals surface area contributed by atoms with Crippen LogP contribution in [0, 0.1) is 0 Å². The van der Waals surface area contributed by atoms with Gasteiger partial charge in [-0.15, -0.1) is 11.8 Å². The summed E-state index contributed by atoms with van der Waals surface area (Å²) in [6.45, 7) is 5.66. The second-order valence-electron chi connectivity index (χ2n) is 7.84. The van der Waals surface area contributed by atoms with Gasteiger partial charge in [-0.3, -0.25) is 4.90 Å². The number of H-pyrrole nitrogens is 1. The van der Waals surface area contributed by atoms with Crippen LogP contribution in [0.5, 0.6) is 0 Å². The lowest BCUT2D eigenvalue weighted by Gasteiger charge is -2.41. The third-order valence-electron chi connectivity index (χ3n) is 5.88. The van der Waals surface area contributed by atoms with E-state index in [9.17, 15) is 0 Å². The number of fused-ring (bicyclic) bond motifs is 2. The number of nitrogens with zero attached hydrogens (tertiary/aromatic N) is 1. The summed E-state index contributed by atoms with van der Waals surface area (Å²) >= 11 is 2.04. The Morgan fingerprint density at radius 3 is 2.96 bits per heavy atom. The van der Waals surface area contributed by atoms with Crippen LogP contribution >= 0.6 is 11.8 Å². The van der Waals surface area contributed by atoms with Crippen LogP contribution in [0.3, 0.4) is 0 Å². The number of aromatic nitrogens is 1. The lowest BCUT2D eigenvalue weighted by Crippen LogP contribution is -2.43.